The number of rotatable bonds is 9. The molecule has 12 heteroatoms. The summed E-state index contributed by atoms with van der Waals surface area (Å²) in [6.45, 7) is 13.3. The highest BCUT2D eigenvalue weighted by atomic mass is 19.1. The van der Waals surface area contributed by atoms with E-state index >= 15 is 0 Å². The van der Waals surface area contributed by atoms with E-state index in [0.29, 0.717) is 37.5 Å². The number of fused-ring (bicyclic) bond motifs is 4. The van der Waals surface area contributed by atoms with Crippen LogP contribution in [-0.2, 0) is 16.8 Å². The van der Waals surface area contributed by atoms with Gasteiger partial charge in [0.1, 0.15) is 17.2 Å². The van der Waals surface area contributed by atoms with Gasteiger partial charge in [-0.1, -0.05) is 40.2 Å². The molecule has 0 aliphatic carbocycles. The van der Waals surface area contributed by atoms with E-state index in [4.69, 9.17) is 14.9 Å². The number of amides is 2. The Hall–Kier alpha value is -4.09. The number of pyridine rings is 1. The van der Waals surface area contributed by atoms with Gasteiger partial charge < -0.3 is 29.7 Å². The van der Waals surface area contributed by atoms with Crippen LogP contribution in [0, 0.1) is 22.5 Å². The van der Waals surface area contributed by atoms with Gasteiger partial charge in [0.25, 0.3) is 11.8 Å². The number of carbonyl (C=O) groups is 3. The van der Waals surface area contributed by atoms with Crippen molar-refractivity contribution in [1.82, 2.24) is 14.8 Å². The van der Waals surface area contributed by atoms with Gasteiger partial charge in [0.05, 0.1) is 12.1 Å². The molecule has 1 aromatic heterocycles. The fraction of sp³-hybridized carbons (Fsp3) is 0.545. The van der Waals surface area contributed by atoms with Gasteiger partial charge in [-0.2, -0.15) is 0 Å². The molecule has 2 aliphatic rings. The molecule has 248 valence electrons. The highest BCUT2D eigenvalue weighted by molar-refractivity contribution is 6.00. The summed E-state index contributed by atoms with van der Waals surface area (Å²) in [6.07, 6.45) is 3.04. The van der Waals surface area contributed by atoms with Gasteiger partial charge in [0.2, 0.25) is 11.2 Å². The number of halogens is 2. The molecule has 0 saturated carbocycles. The molecule has 2 bridgehead atoms. The Bertz CT molecular complexity index is 1530. The summed E-state index contributed by atoms with van der Waals surface area (Å²) in [5, 5.41) is 10.8. The van der Waals surface area contributed by atoms with E-state index in [1.807, 2.05) is 41.5 Å². The summed E-state index contributed by atoms with van der Waals surface area (Å²) in [7, 11) is 0. The lowest BCUT2D eigenvalue weighted by molar-refractivity contribution is 0.0221. The van der Waals surface area contributed by atoms with Crippen LogP contribution in [0.15, 0.2) is 29.2 Å². The minimum atomic E-state index is -1.19. The number of ether oxygens (including phenoxy) is 2. The van der Waals surface area contributed by atoms with Gasteiger partial charge in [-0.05, 0) is 57.9 Å². The van der Waals surface area contributed by atoms with E-state index in [1.54, 1.807) is 11.8 Å². The molecule has 0 radical (unpaired) electrons. The summed E-state index contributed by atoms with van der Waals surface area (Å²) in [6, 6.07) is 2.70. The Labute approximate surface area is 264 Å². The van der Waals surface area contributed by atoms with Gasteiger partial charge in [-0.3, -0.25) is 14.4 Å². The third kappa shape index (κ3) is 7.10. The van der Waals surface area contributed by atoms with Crippen molar-refractivity contribution in [2.24, 2.45) is 5.41 Å². The van der Waals surface area contributed by atoms with Crippen LogP contribution in [0.1, 0.15) is 108 Å². The van der Waals surface area contributed by atoms with E-state index in [0.717, 1.165) is 12.5 Å². The van der Waals surface area contributed by atoms with Crippen LogP contribution in [0.4, 0.5) is 13.6 Å². The zero-order valence-electron chi connectivity index (χ0n) is 27.1. The van der Waals surface area contributed by atoms with Crippen molar-refractivity contribution in [3.63, 3.8) is 0 Å². The first-order valence-corrected chi connectivity index (χ1v) is 15.4. The van der Waals surface area contributed by atoms with E-state index in [-0.39, 0.29) is 38.4 Å². The summed E-state index contributed by atoms with van der Waals surface area (Å²) >= 11 is 0. The molecule has 1 aromatic carbocycles. The number of aromatic nitrogens is 1. The maximum Gasteiger partial charge on any atom is 0.514 e. The lowest BCUT2D eigenvalue weighted by Gasteiger charge is -2.52. The van der Waals surface area contributed by atoms with Crippen LogP contribution in [-0.4, -0.2) is 52.3 Å². The number of hydrogen-bond acceptors (Lipinski definition) is 7. The van der Waals surface area contributed by atoms with Crippen molar-refractivity contribution in [3.8, 4) is 5.75 Å². The first-order chi connectivity index (χ1) is 21.2. The molecule has 2 N–H and O–H groups in total. The van der Waals surface area contributed by atoms with Crippen molar-refractivity contribution in [3.05, 3.63) is 63.1 Å². The number of nitrogens with zero attached hydrogens (tertiary/aromatic N) is 2. The number of carbonyl (C=O) groups excluding carboxylic acids is 3. The third-order valence-corrected chi connectivity index (χ3v) is 8.84. The first kappa shape index (κ1) is 35.4. The van der Waals surface area contributed by atoms with Gasteiger partial charge in [-0.25, -0.2) is 13.6 Å². The van der Waals surface area contributed by atoms with Crippen LogP contribution < -0.4 is 15.5 Å². The zero-order chi connectivity index (χ0) is 33.7. The fourth-order valence-corrected chi connectivity index (χ4v) is 6.06. The minimum Gasteiger partial charge on any atom is -0.434 e. The van der Waals surface area contributed by atoms with Crippen molar-refractivity contribution >= 4 is 23.7 Å². The average Bonchev–Trinajstić information content (AvgIpc) is 3.06. The van der Waals surface area contributed by atoms with Crippen molar-refractivity contribution in [1.29, 1.82) is 5.41 Å². The number of benzene rings is 1. The molecule has 3 atom stereocenters. The van der Waals surface area contributed by atoms with Crippen LogP contribution in [0.25, 0.3) is 0 Å². The van der Waals surface area contributed by atoms with E-state index < -0.39 is 57.3 Å². The first-order valence-electron chi connectivity index (χ1n) is 15.4. The monoisotopic (exact) mass is 632 g/mol. The standard InChI is InChI=1S/C31H38F2N4O6.C2H6.H2/c1-6-7-12-42-29(41)43-26-24-28(40)36-17-31(5,30(4,14-18(2)34)11-10-19(36)3)37(24)16-22(25(26)38)27(39)35-15-20-8-9-21(32)13-23(20)33;1-2;/h8-9,13,16,19,34H,6-7,10-12,14-15,17H2,1-5H3,(H,35,39);1-2H3;1H/t19-,30+,31+;;/m0../s1. The molecule has 2 aromatic rings. The number of nitrogens with one attached hydrogen (secondary N) is 2. The maximum absolute atomic E-state index is 14.2. The largest absolute Gasteiger partial charge is 0.514 e. The molecular weight excluding hydrogens is 586 g/mol. The predicted octanol–water partition coefficient (Wildman–Crippen LogP) is 6.43. The van der Waals surface area contributed by atoms with Gasteiger partial charge in [0.15, 0.2) is 5.69 Å². The summed E-state index contributed by atoms with van der Waals surface area (Å²) < 4.78 is 39.7. The van der Waals surface area contributed by atoms with Gasteiger partial charge in [0, 0.05) is 44.1 Å². The van der Waals surface area contributed by atoms with Crippen molar-refractivity contribution in [2.45, 2.75) is 98.7 Å². The molecule has 0 spiro atoms. The van der Waals surface area contributed by atoms with Crippen molar-refractivity contribution < 1.29 is 34.1 Å². The molecule has 1 saturated heterocycles. The molecule has 10 nitrogen and oxygen atoms in total. The average molecular weight is 633 g/mol. The highest BCUT2D eigenvalue weighted by Crippen LogP contribution is 2.51. The second kappa shape index (κ2) is 14.3. The van der Waals surface area contributed by atoms with Gasteiger partial charge in [-0.15, -0.1) is 0 Å². The minimum absolute atomic E-state index is 0. The van der Waals surface area contributed by atoms with E-state index in [2.05, 4.69) is 5.32 Å². The highest BCUT2D eigenvalue weighted by Gasteiger charge is 2.55. The second-order valence-corrected chi connectivity index (χ2v) is 12.0. The smallest absolute Gasteiger partial charge is 0.434 e. The van der Waals surface area contributed by atoms with E-state index in [9.17, 15) is 28.0 Å². The molecule has 45 heavy (non-hydrogen) atoms. The Morgan fingerprint density at radius 2 is 1.89 bits per heavy atom. The lowest BCUT2D eigenvalue weighted by atomic mass is 9.65. The predicted molar refractivity (Wildman–Crippen MR) is 168 cm³/mol. The summed E-state index contributed by atoms with van der Waals surface area (Å²) in [4.78, 5) is 55.6. The molecule has 2 amide bonds. The zero-order valence-corrected chi connectivity index (χ0v) is 27.1. The van der Waals surface area contributed by atoms with E-state index in [1.165, 1.54) is 16.8 Å². The summed E-state index contributed by atoms with van der Waals surface area (Å²) in [5.41, 5.74) is -2.74. The lowest BCUT2D eigenvalue weighted by Crippen LogP contribution is -2.60. The Balaban J connectivity index is 0.00000241. The number of unbranched alkanes of at least 4 members (excludes halogenated alkanes) is 1. The Morgan fingerprint density at radius 1 is 1.20 bits per heavy atom. The van der Waals surface area contributed by atoms with Gasteiger partial charge >= 0.3 is 6.16 Å². The van der Waals surface area contributed by atoms with Crippen molar-refractivity contribution in [2.75, 3.05) is 13.2 Å². The Morgan fingerprint density at radius 3 is 2.51 bits per heavy atom. The topological polar surface area (TPSA) is 131 Å². The van der Waals surface area contributed by atoms with Crippen LogP contribution in [0.5, 0.6) is 5.75 Å². The Kier molecular flexibility index (Phi) is 11.3. The fourth-order valence-electron chi connectivity index (χ4n) is 6.06. The van der Waals surface area contributed by atoms with Crippen LogP contribution in [0.2, 0.25) is 0 Å². The maximum atomic E-state index is 14.2. The normalized spacial score (nSPS) is 21.9. The number of hydrogen-bond donors (Lipinski definition) is 2. The molecule has 1 fully saturated rings. The molecule has 3 heterocycles. The second-order valence-electron chi connectivity index (χ2n) is 12.0. The summed E-state index contributed by atoms with van der Waals surface area (Å²) in [5.74, 6) is -3.72. The molecular formula is C33H46F2N4O6. The SMILES string of the molecule is CC.CCCCOC(=O)Oc1c2n(cc(C(=O)NCc3ccc(F)cc3F)c1=O)[C@]1(C)CN(C2=O)[C@@H](C)CC[C@]1(C)CC(C)=N.[HH]. The molecule has 2 aliphatic heterocycles. The quantitative estimate of drug-likeness (QED) is 0.186. The third-order valence-electron chi connectivity index (χ3n) is 8.84. The van der Waals surface area contributed by atoms with Crippen LogP contribution >= 0.6 is 0 Å². The molecule has 4 rings (SSSR count). The van der Waals surface area contributed by atoms with Crippen LogP contribution in [0.3, 0.4) is 0 Å². The molecule has 0 unspecified atom stereocenters.